The van der Waals surface area contributed by atoms with Gasteiger partial charge in [-0.2, -0.15) is 0 Å². The molecular weight excluding hydrogens is 328 g/mol. The second-order valence-electron chi connectivity index (χ2n) is 6.28. The Labute approximate surface area is 142 Å². The number of aromatic nitrogens is 3. The van der Waals surface area contributed by atoms with Crippen molar-refractivity contribution in [2.75, 3.05) is 19.3 Å². The first-order valence-electron chi connectivity index (χ1n) is 8.01. The predicted molar refractivity (Wildman–Crippen MR) is 89.7 cm³/mol. The average Bonchev–Trinajstić information content (AvgIpc) is 3.03. The zero-order chi connectivity index (χ0) is 17.2. The van der Waals surface area contributed by atoms with Gasteiger partial charge in [-0.15, -0.1) is 5.10 Å². The summed E-state index contributed by atoms with van der Waals surface area (Å²) < 4.78 is 26.3. The molecule has 1 fully saturated rings. The number of rotatable bonds is 5. The molecule has 1 atom stereocenters. The number of aliphatic hydroxyl groups is 1. The number of sulfonamides is 1. The van der Waals surface area contributed by atoms with Crippen LogP contribution in [-0.2, 0) is 16.6 Å². The SMILES string of the molecule is CS(=O)(=O)N1CCC(Cn2cc([C@H](O)c3ccccc3)nn2)CC1. The highest BCUT2D eigenvalue weighted by Crippen LogP contribution is 2.22. The first-order chi connectivity index (χ1) is 11.4. The monoisotopic (exact) mass is 350 g/mol. The maximum Gasteiger partial charge on any atom is 0.211 e. The number of nitrogens with zero attached hydrogens (tertiary/aromatic N) is 4. The van der Waals surface area contributed by atoms with E-state index < -0.39 is 16.1 Å². The fraction of sp³-hybridized carbons (Fsp3) is 0.500. The average molecular weight is 350 g/mol. The smallest absolute Gasteiger partial charge is 0.211 e. The Morgan fingerprint density at radius 2 is 1.92 bits per heavy atom. The molecule has 1 aliphatic heterocycles. The van der Waals surface area contributed by atoms with Gasteiger partial charge in [-0.05, 0) is 24.3 Å². The summed E-state index contributed by atoms with van der Waals surface area (Å²) in [4.78, 5) is 0. The van der Waals surface area contributed by atoms with E-state index in [1.165, 1.54) is 10.6 Å². The Morgan fingerprint density at radius 3 is 2.54 bits per heavy atom. The summed E-state index contributed by atoms with van der Waals surface area (Å²) in [5.41, 5.74) is 1.31. The molecule has 0 bridgehead atoms. The molecule has 0 aliphatic carbocycles. The molecule has 0 saturated carbocycles. The molecule has 1 N–H and O–H groups in total. The molecule has 0 unspecified atom stereocenters. The maximum absolute atomic E-state index is 11.5. The van der Waals surface area contributed by atoms with Gasteiger partial charge in [-0.25, -0.2) is 12.7 Å². The molecule has 0 radical (unpaired) electrons. The molecule has 130 valence electrons. The number of hydrogen-bond acceptors (Lipinski definition) is 5. The van der Waals surface area contributed by atoms with Crippen LogP contribution in [0.1, 0.15) is 30.2 Å². The molecule has 1 aromatic heterocycles. The normalized spacial score (nSPS) is 18.6. The number of benzene rings is 1. The van der Waals surface area contributed by atoms with Crippen LogP contribution in [0.15, 0.2) is 36.5 Å². The molecule has 2 heterocycles. The molecule has 3 rings (SSSR count). The third-order valence-electron chi connectivity index (χ3n) is 4.44. The lowest BCUT2D eigenvalue weighted by molar-refractivity contribution is 0.215. The van der Waals surface area contributed by atoms with E-state index in [0.717, 1.165) is 18.4 Å². The van der Waals surface area contributed by atoms with E-state index in [4.69, 9.17) is 0 Å². The van der Waals surface area contributed by atoms with Gasteiger partial charge in [0, 0.05) is 19.6 Å². The number of piperidine rings is 1. The van der Waals surface area contributed by atoms with Gasteiger partial charge < -0.3 is 5.11 Å². The van der Waals surface area contributed by atoms with Crippen LogP contribution in [0.4, 0.5) is 0 Å². The maximum atomic E-state index is 11.5. The van der Waals surface area contributed by atoms with Gasteiger partial charge in [-0.1, -0.05) is 35.5 Å². The van der Waals surface area contributed by atoms with Gasteiger partial charge in [0.05, 0.1) is 12.5 Å². The van der Waals surface area contributed by atoms with E-state index in [1.807, 2.05) is 30.3 Å². The summed E-state index contributed by atoms with van der Waals surface area (Å²) in [6.45, 7) is 1.79. The zero-order valence-electron chi connectivity index (χ0n) is 13.6. The first kappa shape index (κ1) is 17.1. The summed E-state index contributed by atoms with van der Waals surface area (Å²) in [6.07, 6.45) is 3.85. The van der Waals surface area contributed by atoms with Gasteiger partial charge in [0.15, 0.2) is 0 Å². The molecule has 8 heteroatoms. The molecule has 1 aliphatic rings. The van der Waals surface area contributed by atoms with E-state index in [0.29, 0.717) is 31.2 Å². The topological polar surface area (TPSA) is 88.3 Å². The molecule has 0 spiro atoms. The van der Waals surface area contributed by atoms with Gasteiger partial charge >= 0.3 is 0 Å². The van der Waals surface area contributed by atoms with Crippen molar-refractivity contribution in [3.63, 3.8) is 0 Å². The van der Waals surface area contributed by atoms with E-state index in [1.54, 1.807) is 10.9 Å². The fourth-order valence-electron chi connectivity index (χ4n) is 3.02. The third-order valence-corrected chi connectivity index (χ3v) is 5.74. The van der Waals surface area contributed by atoms with Gasteiger partial charge in [-0.3, -0.25) is 4.68 Å². The minimum atomic E-state index is -3.09. The van der Waals surface area contributed by atoms with Crippen molar-refractivity contribution < 1.29 is 13.5 Å². The van der Waals surface area contributed by atoms with E-state index in [-0.39, 0.29) is 0 Å². The highest BCUT2D eigenvalue weighted by molar-refractivity contribution is 7.88. The second kappa shape index (κ2) is 7.00. The minimum Gasteiger partial charge on any atom is -0.382 e. The van der Waals surface area contributed by atoms with Crippen LogP contribution in [0.5, 0.6) is 0 Å². The van der Waals surface area contributed by atoms with E-state index in [9.17, 15) is 13.5 Å². The Morgan fingerprint density at radius 1 is 1.25 bits per heavy atom. The van der Waals surface area contributed by atoms with Crippen LogP contribution < -0.4 is 0 Å². The van der Waals surface area contributed by atoms with Crippen molar-refractivity contribution in [1.82, 2.24) is 19.3 Å². The Hall–Kier alpha value is -1.77. The highest BCUT2D eigenvalue weighted by atomic mass is 32.2. The summed E-state index contributed by atoms with van der Waals surface area (Å²) in [7, 11) is -3.09. The molecule has 24 heavy (non-hydrogen) atoms. The molecule has 1 aromatic carbocycles. The second-order valence-corrected chi connectivity index (χ2v) is 8.27. The number of aliphatic hydroxyl groups excluding tert-OH is 1. The molecule has 7 nitrogen and oxygen atoms in total. The first-order valence-corrected chi connectivity index (χ1v) is 9.86. The van der Waals surface area contributed by atoms with Crippen LogP contribution in [0.3, 0.4) is 0 Å². The molecule has 2 aromatic rings. The lowest BCUT2D eigenvalue weighted by Crippen LogP contribution is -2.38. The Kier molecular flexibility index (Phi) is 4.98. The molecule has 0 amide bonds. The Bertz CT molecular complexity index is 768. The Balaban J connectivity index is 1.59. The van der Waals surface area contributed by atoms with Crippen molar-refractivity contribution in [3.05, 3.63) is 47.8 Å². The van der Waals surface area contributed by atoms with E-state index in [2.05, 4.69) is 10.3 Å². The van der Waals surface area contributed by atoms with Crippen molar-refractivity contribution in [2.45, 2.75) is 25.5 Å². The molecular formula is C16H22N4O3S. The summed E-state index contributed by atoms with van der Waals surface area (Å²) in [5, 5.41) is 18.5. The standard InChI is InChI=1S/C16H22N4O3S/c1-24(22,23)20-9-7-13(8-10-20)11-19-12-15(17-18-19)16(21)14-5-3-2-4-6-14/h2-6,12-13,16,21H,7-11H2,1H3/t16-/m1/s1. The van der Waals surface area contributed by atoms with Crippen molar-refractivity contribution in [3.8, 4) is 0 Å². The van der Waals surface area contributed by atoms with Crippen LogP contribution in [-0.4, -0.2) is 52.2 Å². The van der Waals surface area contributed by atoms with Crippen molar-refractivity contribution >= 4 is 10.0 Å². The van der Waals surface area contributed by atoms with Crippen molar-refractivity contribution in [1.29, 1.82) is 0 Å². The van der Waals surface area contributed by atoms with Crippen LogP contribution in [0, 0.1) is 5.92 Å². The van der Waals surface area contributed by atoms with E-state index >= 15 is 0 Å². The summed E-state index contributed by atoms with van der Waals surface area (Å²) in [5.74, 6) is 0.367. The van der Waals surface area contributed by atoms with Gasteiger partial charge in [0.25, 0.3) is 0 Å². The number of hydrogen-bond donors (Lipinski definition) is 1. The quantitative estimate of drug-likeness (QED) is 0.870. The lowest BCUT2D eigenvalue weighted by atomic mass is 9.98. The summed E-state index contributed by atoms with van der Waals surface area (Å²) >= 11 is 0. The summed E-state index contributed by atoms with van der Waals surface area (Å²) in [6, 6.07) is 9.35. The van der Waals surface area contributed by atoms with Crippen LogP contribution in [0.2, 0.25) is 0 Å². The lowest BCUT2D eigenvalue weighted by Gasteiger charge is -2.29. The van der Waals surface area contributed by atoms with Gasteiger partial charge in [0.1, 0.15) is 11.8 Å². The highest BCUT2D eigenvalue weighted by Gasteiger charge is 2.25. The zero-order valence-corrected chi connectivity index (χ0v) is 14.4. The fourth-order valence-corrected chi connectivity index (χ4v) is 3.90. The van der Waals surface area contributed by atoms with Crippen molar-refractivity contribution in [2.24, 2.45) is 5.92 Å². The molecule has 1 saturated heterocycles. The minimum absolute atomic E-state index is 0.367. The van der Waals surface area contributed by atoms with Crippen LogP contribution in [0.25, 0.3) is 0 Å². The van der Waals surface area contributed by atoms with Gasteiger partial charge in [0.2, 0.25) is 10.0 Å². The largest absolute Gasteiger partial charge is 0.382 e. The predicted octanol–water partition coefficient (Wildman–Crippen LogP) is 1.03. The third kappa shape index (κ3) is 4.00. The van der Waals surface area contributed by atoms with Crippen LogP contribution >= 0.6 is 0 Å².